The van der Waals surface area contributed by atoms with Gasteiger partial charge in [0.1, 0.15) is 18.1 Å². The van der Waals surface area contributed by atoms with E-state index in [0.717, 1.165) is 5.57 Å². The van der Waals surface area contributed by atoms with Gasteiger partial charge in [0.05, 0.1) is 0 Å². The van der Waals surface area contributed by atoms with E-state index in [4.69, 9.17) is 16.3 Å². The predicted octanol–water partition coefficient (Wildman–Crippen LogP) is 2.08. The molecular weight excluding hydrogens is 176 g/mol. The van der Waals surface area contributed by atoms with Gasteiger partial charge in [0.15, 0.2) is 0 Å². The molecule has 1 aromatic heterocycles. The Hall–Kier alpha value is -1.09. The zero-order valence-electron chi connectivity index (χ0n) is 6.75. The van der Waals surface area contributed by atoms with Crippen molar-refractivity contribution in [1.29, 1.82) is 0 Å². The lowest BCUT2D eigenvalue weighted by Crippen LogP contribution is -1.99. The Balaban J connectivity index is 2.57. The minimum Gasteiger partial charge on any atom is -0.473 e. The lowest BCUT2D eigenvalue weighted by molar-refractivity contribution is 0.338. The minimum atomic E-state index is 0.377. The molecule has 4 heteroatoms. The van der Waals surface area contributed by atoms with Crippen LogP contribution in [0.5, 0.6) is 5.88 Å². The fourth-order valence-electron chi connectivity index (χ4n) is 0.593. The van der Waals surface area contributed by atoms with Gasteiger partial charge in [0, 0.05) is 6.07 Å². The highest BCUT2D eigenvalue weighted by atomic mass is 35.5. The molecule has 0 saturated heterocycles. The second-order valence-electron chi connectivity index (χ2n) is 2.42. The fraction of sp³-hybridized carbons (Fsp3) is 0.250. The van der Waals surface area contributed by atoms with E-state index < -0.39 is 0 Å². The first kappa shape index (κ1) is 9.00. The van der Waals surface area contributed by atoms with Crippen molar-refractivity contribution in [3.05, 3.63) is 29.7 Å². The van der Waals surface area contributed by atoms with Crippen LogP contribution in [-0.4, -0.2) is 16.6 Å². The second kappa shape index (κ2) is 4.07. The van der Waals surface area contributed by atoms with Crippen LogP contribution in [0.4, 0.5) is 0 Å². The third-order valence-corrected chi connectivity index (χ3v) is 1.28. The molecule has 0 radical (unpaired) electrons. The molecule has 1 rings (SSSR count). The van der Waals surface area contributed by atoms with Gasteiger partial charge in [-0.05, 0) is 12.5 Å². The van der Waals surface area contributed by atoms with Crippen molar-refractivity contribution in [2.45, 2.75) is 6.92 Å². The Labute approximate surface area is 76.1 Å². The lowest BCUT2D eigenvalue weighted by atomic mass is 10.4. The van der Waals surface area contributed by atoms with E-state index in [-0.39, 0.29) is 0 Å². The third kappa shape index (κ3) is 2.88. The third-order valence-electron chi connectivity index (χ3n) is 1.08. The average Bonchev–Trinajstić information content (AvgIpc) is 2.01. The van der Waals surface area contributed by atoms with Gasteiger partial charge in [0.2, 0.25) is 5.88 Å². The molecule has 0 aliphatic carbocycles. The molecule has 64 valence electrons. The highest BCUT2D eigenvalue weighted by Gasteiger charge is 1.96. The van der Waals surface area contributed by atoms with Crippen LogP contribution in [0.1, 0.15) is 6.92 Å². The molecule has 3 nitrogen and oxygen atoms in total. The number of ether oxygens (including phenoxy) is 1. The number of hydrogen-bond donors (Lipinski definition) is 0. The van der Waals surface area contributed by atoms with Crippen molar-refractivity contribution < 1.29 is 4.74 Å². The van der Waals surface area contributed by atoms with Crippen LogP contribution in [0.15, 0.2) is 24.5 Å². The summed E-state index contributed by atoms with van der Waals surface area (Å²) >= 11 is 5.61. The van der Waals surface area contributed by atoms with E-state index in [1.54, 1.807) is 6.07 Å². The summed E-state index contributed by atoms with van der Waals surface area (Å²) in [5.74, 6) is 0.470. The van der Waals surface area contributed by atoms with Gasteiger partial charge in [-0.15, -0.1) is 0 Å². The molecule has 0 aliphatic heterocycles. The SMILES string of the molecule is C=C(C)COc1cc(Cl)ncn1. The lowest BCUT2D eigenvalue weighted by Gasteiger charge is -2.03. The molecule has 0 bridgehead atoms. The maximum atomic E-state index is 5.61. The zero-order chi connectivity index (χ0) is 8.97. The normalized spacial score (nSPS) is 9.50. The summed E-state index contributed by atoms with van der Waals surface area (Å²) in [5, 5.41) is 0.377. The molecule has 1 heterocycles. The summed E-state index contributed by atoms with van der Waals surface area (Å²) in [6, 6.07) is 1.56. The summed E-state index contributed by atoms with van der Waals surface area (Å²) in [4.78, 5) is 7.57. The summed E-state index contributed by atoms with van der Waals surface area (Å²) < 4.78 is 5.21. The van der Waals surface area contributed by atoms with Gasteiger partial charge >= 0.3 is 0 Å². The van der Waals surface area contributed by atoms with E-state index in [2.05, 4.69) is 16.5 Å². The van der Waals surface area contributed by atoms with Crippen LogP contribution >= 0.6 is 11.6 Å². The molecule has 0 N–H and O–H groups in total. The standard InChI is InChI=1S/C8H9ClN2O/c1-6(2)4-12-8-3-7(9)10-5-11-8/h3,5H,1,4H2,2H3. The van der Waals surface area contributed by atoms with Crippen molar-refractivity contribution in [1.82, 2.24) is 9.97 Å². The average molecular weight is 185 g/mol. The van der Waals surface area contributed by atoms with Gasteiger partial charge in [0.25, 0.3) is 0 Å². The van der Waals surface area contributed by atoms with Crippen molar-refractivity contribution in [3.63, 3.8) is 0 Å². The van der Waals surface area contributed by atoms with Crippen LogP contribution in [0.2, 0.25) is 5.15 Å². The quantitative estimate of drug-likeness (QED) is 0.533. The largest absolute Gasteiger partial charge is 0.473 e. The number of aromatic nitrogens is 2. The molecule has 0 spiro atoms. The fourth-order valence-corrected chi connectivity index (χ4v) is 0.730. The number of nitrogens with zero attached hydrogens (tertiary/aromatic N) is 2. The Kier molecular flexibility index (Phi) is 3.05. The Morgan fingerprint density at radius 1 is 1.67 bits per heavy atom. The van der Waals surface area contributed by atoms with Crippen LogP contribution in [0.3, 0.4) is 0 Å². The molecule has 12 heavy (non-hydrogen) atoms. The van der Waals surface area contributed by atoms with Gasteiger partial charge in [-0.3, -0.25) is 0 Å². The maximum absolute atomic E-state index is 5.61. The molecule has 1 aromatic rings. The summed E-state index contributed by atoms with van der Waals surface area (Å²) in [7, 11) is 0. The molecule has 0 amide bonds. The van der Waals surface area contributed by atoms with E-state index in [1.165, 1.54) is 6.33 Å². The first-order valence-corrected chi connectivity index (χ1v) is 3.81. The first-order valence-electron chi connectivity index (χ1n) is 3.43. The topological polar surface area (TPSA) is 35.0 Å². The van der Waals surface area contributed by atoms with Gasteiger partial charge in [-0.1, -0.05) is 18.2 Å². The molecule has 0 aliphatic rings. The van der Waals surface area contributed by atoms with Gasteiger partial charge in [-0.25, -0.2) is 9.97 Å². The van der Waals surface area contributed by atoms with Crippen molar-refractivity contribution >= 4 is 11.6 Å². The second-order valence-corrected chi connectivity index (χ2v) is 2.81. The molecule has 0 atom stereocenters. The van der Waals surface area contributed by atoms with Gasteiger partial charge in [-0.2, -0.15) is 0 Å². The zero-order valence-corrected chi connectivity index (χ0v) is 7.51. The molecular formula is C8H9ClN2O. The van der Waals surface area contributed by atoms with Crippen molar-refractivity contribution in [3.8, 4) is 5.88 Å². The number of halogens is 1. The minimum absolute atomic E-state index is 0.377. The van der Waals surface area contributed by atoms with Crippen LogP contribution < -0.4 is 4.74 Å². The number of rotatable bonds is 3. The predicted molar refractivity (Wildman–Crippen MR) is 47.4 cm³/mol. The van der Waals surface area contributed by atoms with Crippen molar-refractivity contribution in [2.24, 2.45) is 0 Å². The Bertz CT molecular complexity index is 288. The Morgan fingerprint density at radius 3 is 3.00 bits per heavy atom. The highest BCUT2D eigenvalue weighted by molar-refractivity contribution is 6.29. The molecule has 0 unspecified atom stereocenters. The van der Waals surface area contributed by atoms with E-state index in [1.807, 2.05) is 6.92 Å². The van der Waals surface area contributed by atoms with E-state index >= 15 is 0 Å². The molecule has 0 aromatic carbocycles. The first-order chi connectivity index (χ1) is 5.68. The van der Waals surface area contributed by atoms with Crippen LogP contribution in [0.25, 0.3) is 0 Å². The van der Waals surface area contributed by atoms with Crippen LogP contribution in [-0.2, 0) is 0 Å². The number of hydrogen-bond acceptors (Lipinski definition) is 3. The van der Waals surface area contributed by atoms with Crippen LogP contribution in [0, 0.1) is 0 Å². The van der Waals surface area contributed by atoms with Crippen molar-refractivity contribution in [2.75, 3.05) is 6.61 Å². The summed E-state index contributed by atoms with van der Waals surface area (Å²) in [5.41, 5.74) is 0.935. The summed E-state index contributed by atoms with van der Waals surface area (Å²) in [6.45, 7) is 6.02. The maximum Gasteiger partial charge on any atom is 0.218 e. The smallest absolute Gasteiger partial charge is 0.218 e. The highest BCUT2D eigenvalue weighted by Crippen LogP contribution is 2.11. The van der Waals surface area contributed by atoms with E-state index in [0.29, 0.717) is 17.6 Å². The summed E-state index contributed by atoms with van der Waals surface area (Å²) in [6.07, 6.45) is 1.36. The van der Waals surface area contributed by atoms with E-state index in [9.17, 15) is 0 Å². The molecule has 0 fully saturated rings. The monoisotopic (exact) mass is 184 g/mol. The van der Waals surface area contributed by atoms with Gasteiger partial charge < -0.3 is 4.74 Å². The Morgan fingerprint density at radius 2 is 2.42 bits per heavy atom. The molecule has 0 saturated carbocycles.